The summed E-state index contributed by atoms with van der Waals surface area (Å²) < 4.78 is 7.23. The van der Waals surface area contributed by atoms with Crippen molar-refractivity contribution in [2.75, 3.05) is 11.9 Å². The van der Waals surface area contributed by atoms with Crippen LogP contribution in [0.5, 0.6) is 0 Å². The van der Waals surface area contributed by atoms with Crippen molar-refractivity contribution in [3.05, 3.63) is 88.2 Å². The van der Waals surface area contributed by atoms with Crippen molar-refractivity contribution >= 4 is 40.2 Å². The molecule has 0 radical (unpaired) electrons. The van der Waals surface area contributed by atoms with Crippen LogP contribution in [0.4, 0.5) is 5.69 Å². The second kappa shape index (κ2) is 8.85. The molecule has 1 aromatic heterocycles. The van der Waals surface area contributed by atoms with Gasteiger partial charge < -0.3 is 10.1 Å². The van der Waals surface area contributed by atoms with Gasteiger partial charge in [-0.1, -0.05) is 35.9 Å². The zero-order valence-corrected chi connectivity index (χ0v) is 18.7. The number of anilines is 1. The molecule has 0 aliphatic carbocycles. The van der Waals surface area contributed by atoms with Gasteiger partial charge in [-0.05, 0) is 68.3 Å². The Morgan fingerprint density at radius 3 is 2.50 bits per heavy atom. The Kier molecular flexibility index (Phi) is 5.97. The van der Waals surface area contributed by atoms with Crippen LogP contribution in [0.3, 0.4) is 0 Å². The van der Waals surface area contributed by atoms with Crippen LogP contribution in [0, 0.1) is 20.8 Å². The molecule has 0 fully saturated rings. The second-order valence-electron chi connectivity index (χ2n) is 7.60. The predicted octanol–water partition coefficient (Wildman–Crippen LogP) is 5.40. The average Bonchev–Trinajstić information content (AvgIpc) is 3.10. The molecule has 6 nitrogen and oxygen atoms in total. The molecule has 1 heterocycles. The number of carbonyl (C=O) groups excluding carboxylic acids is 2. The van der Waals surface area contributed by atoms with Crippen molar-refractivity contribution in [1.29, 1.82) is 0 Å². The number of nitrogens with zero attached hydrogens (tertiary/aromatic N) is 2. The van der Waals surface area contributed by atoms with E-state index in [1.54, 1.807) is 18.2 Å². The number of rotatable bonds is 5. The number of nitrogens with one attached hydrogen (secondary N) is 1. The molecular formula is C25H22ClN3O3. The van der Waals surface area contributed by atoms with Gasteiger partial charge >= 0.3 is 5.97 Å². The first-order valence-corrected chi connectivity index (χ1v) is 10.5. The summed E-state index contributed by atoms with van der Waals surface area (Å²) in [4.78, 5) is 29.4. The van der Waals surface area contributed by atoms with Crippen molar-refractivity contribution in [2.45, 2.75) is 20.8 Å². The van der Waals surface area contributed by atoms with Gasteiger partial charge in [0.2, 0.25) is 0 Å². The third kappa shape index (κ3) is 4.36. The van der Waals surface area contributed by atoms with E-state index in [2.05, 4.69) is 10.3 Å². The Hall–Kier alpha value is -3.64. The van der Waals surface area contributed by atoms with E-state index in [0.717, 1.165) is 28.2 Å². The maximum absolute atomic E-state index is 12.5. The number of hydrogen-bond donors (Lipinski definition) is 1. The summed E-state index contributed by atoms with van der Waals surface area (Å²) in [5.74, 6) is -0.250. The molecule has 0 saturated carbocycles. The first-order valence-electron chi connectivity index (χ1n) is 10.1. The van der Waals surface area contributed by atoms with Crippen molar-refractivity contribution in [3.8, 4) is 5.69 Å². The Labute approximate surface area is 190 Å². The monoisotopic (exact) mass is 447 g/mol. The van der Waals surface area contributed by atoms with Crippen LogP contribution in [0.1, 0.15) is 27.3 Å². The molecule has 32 heavy (non-hydrogen) atoms. The molecule has 4 aromatic rings. The number of fused-ring (bicyclic) bond motifs is 1. The van der Waals surface area contributed by atoms with Crippen LogP contribution in [-0.4, -0.2) is 28.0 Å². The molecule has 4 rings (SSSR count). The lowest BCUT2D eigenvalue weighted by molar-refractivity contribution is -0.119. The van der Waals surface area contributed by atoms with Crippen LogP contribution in [-0.2, 0) is 9.53 Å². The largest absolute Gasteiger partial charge is 0.452 e. The maximum Gasteiger partial charge on any atom is 0.338 e. The van der Waals surface area contributed by atoms with Gasteiger partial charge in [-0.2, -0.15) is 0 Å². The number of aromatic nitrogens is 2. The van der Waals surface area contributed by atoms with Gasteiger partial charge in [-0.25, -0.2) is 9.78 Å². The number of hydrogen-bond acceptors (Lipinski definition) is 4. The number of halogens is 1. The Morgan fingerprint density at radius 1 is 1.03 bits per heavy atom. The third-order valence-corrected chi connectivity index (χ3v) is 5.40. The van der Waals surface area contributed by atoms with E-state index in [0.29, 0.717) is 21.8 Å². The van der Waals surface area contributed by atoms with Gasteiger partial charge in [0.25, 0.3) is 5.91 Å². The number of esters is 1. The SMILES string of the molecule is Cc1cc(C)c(NC(=O)COC(=O)c2ccc3c(c2)nc(C)n3-c2ccccc2)c(Cl)c1. The summed E-state index contributed by atoms with van der Waals surface area (Å²) in [6, 6.07) is 18.7. The normalized spacial score (nSPS) is 10.9. The molecule has 0 atom stereocenters. The topological polar surface area (TPSA) is 73.2 Å². The minimum absolute atomic E-state index is 0.326. The summed E-state index contributed by atoms with van der Waals surface area (Å²) in [5.41, 5.74) is 5.22. The highest BCUT2D eigenvalue weighted by Gasteiger charge is 2.16. The summed E-state index contributed by atoms with van der Waals surface area (Å²) in [6.07, 6.45) is 0. The molecule has 1 N–H and O–H groups in total. The fourth-order valence-electron chi connectivity index (χ4n) is 3.69. The van der Waals surface area contributed by atoms with Crippen molar-refractivity contribution in [3.63, 3.8) is 0 Å². The van der Waals surface area contributed by atoms with Crippen LogP contribution in [0.25, 0.3) is 16.7 Å². The van der Waals surface area contributed by atoms with E-state index >= 15 is 0 Å². The lowest BCUT2D eigenvalue weighted by Crippen LogP contribution is -2.21. The van der Waals surface area contributed by atoms with E-state index in [4.69, 9.17) is 16.3 Å². The Morgan fingerprint density at radius 2 is 1.78 bits per heavy atom. The molecule has 162 valence electrons. The minimum Gasteiger partial charge on any atom is -0.452 e. The van der Waals surface area contributed by atoms with E-state index in [1.165, 1.54) is 0 Å². The van der Waals surface area contributed by atoms with Crippen LogP contribution < -0.4 is 5.32 Å². The van der Waals surface area contributed by atoms with E-state index < -0.39 is 18.5 Å². The highest BCUT2D eigenvalue weighted by Crippen LogP contribution is 2.27. The first-order chi connectivity index (χ1) is 15.3. The van der Waals surface area contributed by atoms with Crippen LogP contribution in [0.15, 0.2) is 60.7 Å². The van der Waals surface area contributed by atoms with E-state index in [9.17, 15) is 9.59 Å². The van der Waals surface area contributed by atoms with Gasteiger partial charge in [0.1, 0.15) is 5.82 Å². The van der Waals surface area contributed by atoms with Gasteiger partial charge in [-0.3, -0.25) is 9.36 Å². The van der Waals surface area contributed by atoms with Crippen LogP contribution >= 0.6 is 11.6 Å². The molecule has 0 aliphatic heterocycles. The predicted molar refractivity (Wildman–Crippen MR) is 126 cm³/mol. The zero-order chi connectivity index (χ0) is 22.8. The smallest absolute Gasteiger partial charge is 0.338 e. The van der Waals surface area contributed by atoms with Gasteiger partial charge in [0.15, 0.2) is 6.61 Å². The second-order valence-corrected chi connectivity index (χ2v) is 8.00. The summed E-state index contributed by atoms with van der Waals surface area (Å²) >= 11 is 6.22. The fraction of sp³-hybridized carbons (Fsp3) is 0.160. The number of benzene rings is 3. The third-order valence-electron chi connectivity index (χ3n) is 5.10. The highest BCUT2D eigenvalue weighted by molar-refractivity contribution is 6.34. The maximum atomic E-state index is 12.5. The molecule has 3 aromatic carbocycles. The minimum atomic E-state index is -0.597. The van der Waals surface area contributed by atoms with Crippen molar-refractivity contribution < 1.29 is 14.3 Å². The van der Waals surface area contributed by atoms with E-state index in [1.807, 2.05) is 67.8 Å². The van der Waals surface area contributed by atoms with Gasteiger partial charge in [0, 0.05) is 5.69 Å². The van der Waals surface area contributed by atoms with Crippen molar-refractivity contribution in [1.82, 2.24) is 9.55 Å². The highest BCUT2D eigenvalue weighted by atomic mass is 35.5. The Balaban J connectivity index is 1.47. The molecule has 0 unspecified atom stereocenters. The average molecular weight is 448 g/mol. The molecular weight excluding hydrogens is 426 g/mol. The van der Waals surface area contributed by atoms with Crippen LogP contribution in [0.2, 0.25) is 5.02 Å². The number of para-hydroxylation sites is 1. The van der Waals surface area contributed by atoms with E-state index in [-0.39, 0.29) is 0 Å². The number of ether oxygens (including phenoxy) is 1. The lowest BCUT2D eigenvalue weighted by Gasteiger charge is -2.12. The standard InChI is InChI=1S/C25H22ClN3O3/c1-15-11-16(2)24(20(26)12-15)28-23(30)14-32-25(31)18-9-10-22-21(13-18)27-17(3)29(22)19-7-5-4-6-8-19/h4-13H,14H2,1-3H3,(H,28,30). The molecule has 0 aliphatic rings. The summed E-state index contributed by atoms with van der Waals surface area (Å²) in [6.45, 7) is 5.27. The fourth-order valence-corrected chi connectivity index (χ4v) is 4.06. The zero-order valence-electron chi connectivity index (χ0n) is 18.0. The van der Waals surface area contributed by atoms with Gasteiger partial charge in [-0.15, -0.1) is 0 Å². The number of carbonyl (C=O) groups is 2. The molecule has 0 saturated heterocycles. The number of amides is 1. The molecule has 0 spiro atoms. The molecule has 7 heteroatoms. The Bertz CT molecular complexity index is 1310. The molecule has 0 bridgehead atoms. The summed E-state index contributed by atoms with van der Waals surface area (Å²) in [7, 11) is 0. The first kappa shape index (κ1) is 21.6. The number of aryl methyl sites for hydroxylation is 3. The van der Waals surface area contributed by atoms with Crippen molar-refractivity contribution in [2.24, 2.45) is 0 Å². The lowest BCUT2D eigenvalue weighted by atomic mass is 10.1. The van der Waals surface area contributed by atoms with Gasteiger partial charge in [0.05, 0.1) is 27.3 Å². The summed E-state index contributed by atoms with van der Waals surface area (Å²) in [5, 5.41) is 3.15. The number of imidazole rings is 1. The quantitative estimate of drug-likeness (QED) is 0.416. The molecule has 1 amide bonds.